The maximum absolute atomic E-state index is 13.8. The molecule has 0 fully saturated rings. The van der Waals surface area contributed by atoms with Crippen LogP contribution in [0.1, 0.15) is 64.5 Å². The Bertz CT molecular complexity index is 3090. The minimum atomic E-state index is -0.586. The molecule has 0 unspecified atom stereocenters. The lowest BCUT2D eigenvalue weighted by molar-refractivity contribution is 0.0720. The Kier molecular flexibility index (Phi) is 13.2. The summed E-state index contributed by atoms with van der Waals surface area (Å²) >= 11 is 0. The molecule has 0 saturated carbocycles. The van der Waals surface area contributed by atoms with Crippen molar-refractivity contribution in [2.24, 2.45) is 0 Å². The predicted octanol–water partition coefficient (Wildman–Crippen LogP) is 9.83. The molecule has 0 N–H and O–H groups in total. The standard InChI is InChI=1S/C57H42N6O9/c1-67-49-19-40-16-44-23-53(71-56(65)38-12-6-35(7-13-38)47-27-60-32-61-28-47)51(69-3)21-42(44)18-45-24-54(72-57(66)39-14-8-36(9-15-39)48-29-62-33-63-30-48)50(68-2)20-41(45)17-43(40)22-52(49)70-55(64)37-10-4-34(5-11-37)46-25-58-31-59-26-46/h4-15,19-33H,16-18H2,1-3H3. The molecule has 0 bridgehead atoms. The van der Waals surface area contributed by atoms with Crippen LogP contribution in [0.5, 0.6) is 34.5 Å². The third kappa shape index (κ3) is 9.93. The van der Waals surface area contributed by atoms with Gasteiger partial charge >= 0.3 is 17.9 Å². The van der Waals surface area contributed by atoms with Crippen molar-refractivity contribution in [3.63, 3.8) is 0 Å². The zero-order valence-corrected chi connectivity index (χ0v) is 39.1. The number of hydrogen-bond acceptors (Lipinski definition) is 15. The maximum atomic E-state index is 13.8. The summed E-state index contributed by atoms with van der Waals surface area (Å²) in [5.41, 5.74) is 10.9. The largest absolute Gasteiger partial charge is 0.493 e. The number of aromatic nitrogens is 6. The van der Waals surface area contributed by atoms with Gasteiger partial charge in [-0.15, -0.1) is 0 Å². The van der Waals surface area contributed by atoms with E-state index >= 15 is 0 Å². The first-order valence-electron chi connectivity index (χ1n) is 22.6. The fraction of sp³-hybridized carbons (Fsp3) is 0.105. The summed E-state index contributed by atoms with van der Waals surface area (Å²) < 4.78 is 35.9. The van der Waals surface area contributed by atoms with Gasteiger partial charge in [0.05, 0.1) is 38.0 Å². The van der Waals surface area contributed by atoms with Gasteiger partial charge < -0.3 is 28.4 Å². The van der Waals surface area contributed by atoms with Gasteiger partial charge in [0.2, 0.25) is 0 Å². The highest BCUT2D eigenvalue weighted by molar-refractivity contribution is 5.93. The quantitative estimate of drug-likeness (QED) is 0.0832. The van der Waals surface area contributed by atoms with Gasteiger partial charge in [0.25, 0.3) is 0 Å². The van der Waals surface area contributed by atoms with Crippen LogP contribution >= 0.6 is 0 Å². The highest BCUT2D eigenvalue weighted by Crippen LogP contribution is 2.42. The summed E-state index contributed by atoms with van der Waals surface area (Å²) in [6, 6.07) is 31.9. The van der Waals surface area contributed by atoms with Crippen LogP contribution in [0.25, 0.3) is 33.4 Å². The number of nitrogens with zero attached hydrogens (tertiary/aromatic N) is 6. The van der Waals surface area contributed by atoms with E-state index in [0.717, 1.165) is 66.8 Å². The van der Waals surface area contributed by atoms with Crippen molar-refractivity contribution in [2.45, 2.75) is 19.3 Å². The molecule has 0 radical (unpaired) electrons. The van der Waals surface area contributed by atoms with Gasteiger partial charge in [-0.1, -0.05) is 36.4 Å². The highest BCUT2D eigenvalue weighted by Gasteiger charge is 2.25. The molecule has 0 aliphatic heterocycles. The van der Waals surface area contributed by atoms with Crippen LogP contribution in [-0.2, 0) is 19.3 Å². The Hall–Kier alpha value is -9.63. The van der Waals surface area contributed by atoms with Crippen LogP contribution in [0.15, 0.2) is 165 Å². The molecule has 15 heteroatoms. The average Bonchev–Trinajstić information content (AvgIpc) is 3.48. The lowest BCUT2D eigenvalue weighted by Crippen LogP contribution is -2.11. The van der Waals surface area contributed by atoms with Crippen LogP contribution in [0.4, 0.5) is 0 Å². The van der Waals surface area contributed by atoms with E-state index in [9.17, 15) is 14.4 Å². The molecule has 0 saturated heterocycles. The zero-order valence-electron chi connectivity index (χ0n) is 39.1. The number of carbonyl (C=O) groups is 3. The van der Waals surface area contributed by atoms with Crippen molar-refractivity contribution in [1.29, 1.82) is 0 Å². The van der Waals surface area contributed by atoms with Crippen molar-refractivity contribution in [3.8, 4) is 67.9 Å². The normalized spacial score (nSPS) is 11.5. The molecule has 72 heavy (non-hydrogen) atoms. The van der Waals surface area contributed by atoms with Gasteiger partial charge in [-0.2, -0.15) is 0 Å². The molecule has 0 spiro atoms. The second kappa shape index (κ2) is 20.5. The maximum Gasteiger partial charge on any atom is 0.343 e. The van der Waals surface area contributed by atoms with Crippen LogP contribution in [0, 0.1) is 0 Å². The van der Waals surface area contributed by atoms with E-state index < -0.39 is 17.9 Å². The molecule has 15 nitrogen and oxygen atoms in total. The van der Waals surface area contributed by atoms with Crippen molar-refractivity contribution in [3.05, 3.63) is 215 Å². The van der Waals surface area contributed by atoms with E-state index in [0.29, 0.717) is 53.2 Å². The highest BCUT2D eigenvalue weighted by atomic mass is 16.6. The van der Waals surface area contributed by atoms with Crippen LogP contribution in [0.3, 0.4) is 0 Å². The van der Waals surface area contributed by atoms with Crippen molar-refractivity contribution >= 4 is 17.9 Å². The van der Waals surface area contributed by atoms with E-state index in [1.165, 1.54) is 40.3 Å². The SMILES string of the molecule is COc1cc2c(cc1OC(=O)c1ccc(-c3cncnc3)cc1)Cc1cc(OC)c(OC(=O)c3ccc(-c4cncnc4)cc3)cc1Cc1cc(OC)c(OC(=O)c3ccc(-c4cncnc4)cc3)cc1C2. The fourth-order valence-corrected chi connectivity index (χ4v) is 8.47. The number of benzene rings is 6. The summed E-state index contributed by atoms with van der Waals surface area (Å²) in [5.74, 6) is -0.138. The van der Waals surface area contributed by atoms with E-state index in [1.54, 1.807) is 128 Å². The first-order chi connectivity index (χ1) is 35.2. The van der Waals surface area contributed by atoms with Gasteiger partial charge in [0.15, 0.2) is 34.5 Å². The summed E-state index contributed by atoms with van der Waals surface area (Å²) in [6.07, 6.45) is 15.6. The number of fused-ring (bicyclic) bond motifs is 3. The lowest BCUT2D eigenvalue weighted by Gasteiger charge is -2.18. The first kappa shape index (κ1) is 46.1. The van der Waals surface area contributed by atoms with E-state index in [4.69, 9.17) is 28.4 Å². The summed E-state index contributed by atoms with van der Waals surface area (Å²) in [6.45, 7) is 0. The Morgan fingerprint density at radius 2 is 0.542 bits per heavy atom. The summed E-state index contributed by atoms with van der Waals surface area (Å²) in [4.78, 5) is 65.9. The van der Waals surface area contributed by atoms with Gasteiger partial charge in [0, 0.05) is 53.9 Å². The van der Waals surface area contributed by atoms with Crippen molar-refractivity contribution in [2.75, 3.05) is 21.3 Å². The Morgan fingerprint density at radius 3 is 0.764 bits per heavy atom. The molecular formula is C57H42N6O9. The molecule has 3 aromatic heterocycles. The Balaban J connectivity index is 1.01. The Morgan fingerprint density at radius 1 is 0.319 bits per heavy atom. The number of ether oxygens (including phenoxy) is 6. The third-order valence-corrected chi connectivity index (χ3v) is 12.3. The third-order valence-electron chi connectivity index (χ3n) is 12.3. The molecule has 10 rings (SSSR count). The number of carbonyl (C=O) groups excluding carboxylic acids is 3. The van der Waals surface area contributed by atoms with Gasteiger partial charge in [-0.25, -0.2) is 44.3 Å². The van der Waals surface area contributed by atoms with Crippen molar-refractivity contribution < 1.29 is 42.8 Å². The molecule has 1 aliphatic rings. The van der Waals surface area contributed by atoms with E-state index in [1.807, 2.05) is 18.2 Å². The molecule has 0 atom stereocenters. The minimum absolute atomic E-state index is 0.210. The smallest absolute Gasteiger partial charge is 0.343 e. The molecule has 1 aliphatic carbocycles. The molecule has 9 aromatic rings. The minimum Gasteiger partial charge on any atom is -0.493 e. The number of methoxy groups -OCH3 is 3. The summed E-state index contributed by atoms with van der Waals surface area (Å²) in [7, 11) is 4.53. The summed E-state index contributed by atoms with van der Waals surface area (Å²) in [5, 5.41) is 0. The molecular weight excluding hydrogens is 913 g/mol. The molecule has 0 amide bonds. The molecule has 354 valence electrons. The molecule has 3 heterocycles. The van der Waals surface area contributed by atoms with E-state index in [2.05, 4.69) is 29.9 Å². The number of hydrogen-bond donors (Lipinski definition) is 0. The van der Waals surface area contributed by atoms with Crippen LogP contribution in [0.2, 0.25) is 0 Å². The van der Waals surface area contributed by atoms with Crippen molar-refractivity contribution in [1.82, 2.24) is 29.9 Å². The first-order valence-corrected chi connectivity index (χ1v) is 22.6. The van der Waals surface area contributed by atoms with Gasteiger partial charge in [-0.05, 0) is 142 Å². The van der Waals surface area contributed by atoms with Gasteiger partial charge in [0.1, 0.15) is 19.0 Å². The lowest BCUT2D eigenvalue weighted by atomic mass is 9.94. The topological polar surface area (TPSA) is 184 Å². The van der Waals surface area contributed by atoms with Crippen LogP contribution in [-0.4, -0.2) is 69.1 Å². The molecule has 6 aromatic carbocycles. The zero-order chi connectivity index (χ0) is 49.6. The fourth-order valence-electron chi connectivity index (χ4n) is 8.47. The van der Waals surface area contributed by atoms with Gasteiger partial charge in [-0.3, -0.25) is 0 Å². The second-order valence-corrected chi connectivity index (χ2v) is 16.6. The Labute approximate surface area is 413 Å². The second-order valence-electron chi connectivity index (χ2n) is 16.6. The van der Waals surface area contributed by atoms with Crippen LogP contribution < -0.4 is 28.4 Å². The average molecular weight is 955 g/mol. The number of esters is 3. The van der Waals surface area contributed by atoms with E-state index in [-0.39, 0.29) is 17.2 Å². The predicted molar refractivity (Wildman–Crippen MR) is 265 cm³/mol. The number of rotatable bonds is 12. The monoisotopic (exact) mass is 954 g/mol.